The van der Waals surface area contributed by atoms with Gasteiger partial charge in [-0.05, 0) is 26.8 Å². The van der Waals surface area contributed by atoms with E-state index in [1.54, 1.807) is 6.07 Å². The van der Waals surface area contributed by atoms with Crippen molar-refractivity contribution in [3.05, 3.63) is 22.2 Å². The zero-order chi connectivity index (χ0) is 15.0. The lowest BCUT2D eigenvalue weighted by Crippen LogP contribution is -2.29. The predicted molar refractivity (Wildman–Crippen MR) is 79.4 cm³/mol. The Hall–Kier alpha value is -1.89. The average Bonchev–Trinajstić information content (AvgIpc) is 2.44. The number of rotatable bonds is 9. The third kappa shape index (κ3) is 4.34. The molecule has 1 aromatic rings. The predicted octanol–water partition coefficient (Wildman–Crippen LogP) is 2.28. The van der Waals surface area contributed by atoms with Gasteiger partial charge in [0.1, 0.15) is 5.82 Å². The van der Waals surface area contributed by atoms with E-state index in [1.165, 1.54) is 6.07 Å². The summed E-state index contributed by atoms with van der Waals surface area (Å²) >= 11 is 0. The van der Waals surface area contributed by atoms with Crippen LogP contribution in [0.15, 0.2) is 12.1 Å². The van der Waals surface area contributed by atoms with Gasteiger partial charge >= 0.3 is 5.69 Å². The van der Waals surface area contributed by atoms with Crippen molar-refractivity contribution in [2.45, 2.75) is 20.8 Å². The van der Waals surface area contributed by atoms with Gasteiger partial charge in [0.2, 0.25) is 5.82 Å². The van der Waals surface area contributed by atoms with E-state index in [0.717, 1.165) is 6.54 Å². The van der Waals surface area contributed by atoms with Crippen molar-refractivity contribution in [2.24, 2.45) is 0 Å². The zero-order valence-corrected chi connectivity index (χ0v) is 12.3. The highest BCUT2D eigenvalue weighted by Crippen LogP contribution is 2.27. The van der Waals surface area contributed by atoms with Crippen molar-refractivity contribution in [1.29, 1.82) is 0 Å². The van der Waals surface area contributed by atoms with E-state index in [1.807, 2.05) is 25.7 Å². The molecular formula is C13H22N4O3. The summed E-state index contributed by atoms with van der Waals surface area (Å²) in [5, 5.41) is 14.2. The summed E-state index contributed by atoms with van der Waals surface area (Å²) in [5.74, 6) is 1.03. The molecule has 112 valence electrons. The molecule has 7 nitrogen and oxygen atoms in total. The van der Waals surface area contributed by atoms with Gasteiger partial charge in [-0.2, -0.15) is 0 Å². The van der Waals surface area contributed by atoms with E-state index in [-0.39, 0.29) is 5.69 Å². The van der Waals surface area contributed by atoms with E-state index in [0.29, 0.717) is 37.9 Å². The van der Waals surface area contributed by atoms with Gasteiger partial charge < -0.3 is 15.0 Å². The summed E-state index contributed by atoms with van der Waals surface area (Å²) in [5.41, 5.74) is 0.0185. The molecule has 1 heterocycles. The molecule has 0 radical (unpaired) electrons. The van der Waals surface area contributed by atoms with Gasteiger partial charge in [0.15, 0.2) is 0 Å². The van der Waals surface area contributed by atoms with Crippen LogP contribution in [-0.4, -0.2) is 42.8 Å². The maximum Gasteiger partial charge on any atom is 0.311 e. The van der Waals surface area contributed by atoms with E-state index in [9.17, 15) is 10.1 Å². The lowest BCUT2D eigenvalue weighted by atomic mass is 10.3. The summed E-state index contributed by atoms with van der Waals surface area (Å²) in [4.78, 5) is 16.9. The molecule has 0 aliphatic heterocycles. The zero-order valence-electron chi connectivity index (χ0n) is 12.3. The number of aromatic nitrogens is 1. The minimum absolute atomic E-state index is 0.0185. The summed E-state index contributed by atoms with van der Waals surface area (Å²) in [6, 6.07) is 3.12. The van der Waals surface area contributed by atoms with Crippen LogP contribution in [0, 0.1) is 10.1 Å². The molecule has 1 rings (SSSR count). The second kappa shape index (κ2) is 8.31. The van der Waals surface area contributed by atoms with Gasteiger partial charge in [0, 0.05) is 32.3 Å². The summed E-state index contributed by atoms with van der Waals surface area (Å²) < 4.78 is 5.31. The Balaban J connectivity index is 3.01. The standard InChI is InChI=1S/C13H22N4O3/c1-4-14-12-8-7-11(17(18)19)13(15-12)16(5-2)9-10-20-6-3/h7-8H,4-6,9-10H2,1-3H3,(H,14,15). The lowest BCUT2D eigenvalue weighted by Gasteiger charge is -2.22. The lowest BCUT2D eigenvalue weighted by molar-refractivity contribution is -0.384. The van der Waals surface area contributed by atoms with Crippen LogP contribution in [0.5, 0.6) is 0 Å². The SMILES string of the molecule is CCNc1ccc([N+](=O)[O-])c(N(CC)CCOCC)n1. The molecule has 0 saturated heterocycles. The van der Waals surface area contributed by atoms with Gasteiger partial charge in [0.05, 0.1) is 11.5 Å². The molecule has 0 fully saturated rings. The van der Waals surface area contributed by atoms with Crippen LogP contribution in [0.2, 0.25) is 0 Å². The minimum Gasteiger partial charge on any atom is -0.380 e. The number of ether oxygens (including phenoxy) is 1. The van der Waals surface area contributed by atoms with Crippen molar-refractivity contribution in [3.63, 3.8) is 0 Å². The first-order valence-corrected chi connectivity index (χ1v) is 6.85. The molecule has 1 aromatic heterocycles. The van der Waals surface area contributed by atoms with Crippen LogP contribution in [0.4, 0.5) is 17.3 Å². The van der Waals surface area contributed by atoms with E-state index >= 15 is 0 Å². The number of hydrogen-bond acceptors (Lipinski definition) is 6. The Morgan fingerprint density at radius 1 is 1.40 bits per heavy atom. The number of nitro groups is 1. The van der Waals surface area contributed by atoms with Crippen LogP contribution in [0.25, 0.3) is 0 Å². The summed E-state index contributed by atoms with van der Waals surface area (Å²) in [6.07, 6.45) is 0. The van der Waals surface area contributed by atoms with Crippen LogP contribution >= 0.6 is 0 Å². The Morgan fingerprint density at radius 3 is 2.70 bits per heavy atom. The molecule has 0 aromatic carbocycles. The third-order valence-corrected chi connectivity index (χ3v) is 2.80. The van der Waals surface area contributed by atoms with Crippen LogP contribution < -0.4 is 10.2 Å². The first-order valence-electron chi connectivity index (χ1n) is 6.85. The monoisotopic (exact) mass is 282 g/mol. The van der Waals surface area contributed by atoms with Crippen molar-refractivity contribution in [3.8, 4) is 0 Å². The smallest absolute Gasteiger partial charge is 0.311 e. The van der Waals surface area contributed by atoms with Gasteiger partial charge in [0.25, 0.3) is 0 Å². The Kier molecular flexibility index (Phi) is 6.72. The molecule has 1 N–H and O–H groups in total. The number of pyridine rings is 1. The van der Waals surface area contributed by atoms with Crippen molar-refractivity contribution in [2.75, 3.05) is 43.1 Å². The van der Waals surface area contributed by atoms with E-state index in [4.69, 9.17) is 4.74 Å². The van der Waals surface area contributed by atoms with Crippen molar-refractivity contribution < 1.29 is 9.66 Å². The van der Waals surface area contributed by atoms with E-state index < -0.39 is 4.92 Å². The first-order chi connectivity index (χ1) is 9.63. The first kappa shape index (κ1) is 16.2. The van der Waals surface area contributed by atoms with Crippen molar-refractivity contribution in [1.82, 2.24) is 4.98 Å². The molecule has 0 saturated carbocycles. The number of nitrogens with one attached hydrogen (secondary N) is 1. The quantitative estimate of drug-likeness (QED) is 0.425. The fourth-order valence-corrected chi connectivity index (χ4v) is 1.83. The van der Waals surface area contributed by atoms with Gasteiger partial charge in [-0.15, -0.1) is 0 Å². The minimum atomic E-state index is -0.401. The summed E-state index contributed by atoms with van der Waals surface area (Å²) in [6.45, 7) is 8.90. The third-order valence-electron chi connectivity index (χ3n) is 2.80. The Morgan fingerprint density at radius 2 is 2.15 bits per heavy atom. The van der Waals surface area contributed by atoms with Gasteiger partial charge in [-0.3, -0.25) is 10.1 Å². The maximum absolute atomic E-state index is 11.1. The van der Waals surface area contributed by atoms with Crippen LogP contribution in [-0.2, 0) is 4.74 Å². The van der Waals surface area contributed by atoms with Gasteiger partial charge in [-0.25, -0.2) is 4.98 Å². The highest BCUT2D eigenvalue weighted by atomic mass is 16.6. The van der Waals surface area contributed by atoms with E-state index in [2.05, 4.69) is 10.3 Å². The van der Waals surface area contributed by atoms with Crippen LogP contribution in [0.1, 0.15) is 20.8 Å². The number of likely N-dealkylation sites (N-methyl/N-ethyl adjacent to an activating group) is 1. The Bertz CT molecular complexity index is 440. The van der Waals surface area contributed by atoms with Crippen molar-refractivity contribution >= 4 is 17.3 Å². The molecule has 0 aliphatic rings. The fraction of sp³-hybridized carbons (Fsp3) is 0.615. The summed E-state index contributed by atoms with van der Waals surface area (Å²) in [7, 11) is 0. The molecule has 7 heteroatoms. The normalized spacial score (nSPS) is 10.3. The molecule has 0 unspecified atom stereocenters. The maximum atomic E-state index is 11.1. The molecule has 0 amide bonds. The molecular weight excluding hydrogens is 260 g/mol. The number of nitrogens with zero attached hydrogens (tertiary/aromatic N) is 3. The molecule has 0 spiro atoms. The molecule has 0 atom stereocenters. The largest absolute Gasteiger partial charge is 0.380 e. The number of hydrogen-bond donors (Lipinski definition) is 1. The fourth-order valence-electron chi connectivity index (χ4n) is 1.83. The Labute approximate surface area is 119 Å². The molecule has 0 bridgehead atoms. The molecule has 0 aliphatic carbocycles. The highest BCUT2D eigenvalue weighted by molar-refractivity contribution is 5.61. The average molecular weight is 282 g/mol. The topological polar surface area (TPSA) is 80.5 Å². The second-order valence-corrected chi connectivity index (χ2v) is 4.10. The highest BCUT2D eigenvalue weighted by Gasteiger charge is 2.20. The molecule has 20 heavy (non-hydrogen) atoms. The number of anilines is 2. The van der Waals surface area contributed by atoms with Gasteiger partial charge in [-0.1, -0.05) is 0 Å². The second-order valence-electron chi connectivity index (χ2n) is 4.10. The van der Waals surface area contributed by atoms with Crippen LogP contribution in [0.3, 0.4) is 0 Å².